The lowest BCUT2D eigenvalue weighted by Gasteiger charge is -2.21. The summed E-state index contributed by atoms with van der Waals surface area (Å²) in [6, 6.07) is 2.39. The van der Waals surface area contributed by atoms with Crippen LogP contribution in [0.3, 0.4) is 0 Å². The zero-order valence-corrected chi connectivity index (χ0v) is 9.46. The molecule has 1 fully saturated rings. The van der Waals surface area contributed by atoms with Crippen LogP contribution in [0.15, 0.2) is 12.1 Å². The molecule has 0 spiro atoms. The van der Waals surface area contributed by atoms with E-state index in [1.807, 2.05) is 0 Å². The molecule has 1 atom stereocenters. The van der Waals surface area contributed by atoms with E-state index in [2.05, 4.69) is 4.98 Å². The van der Waals surface area contributed by atoms with Crippen LogP contribution in [-0.4, -0.2) is 24.1 Å². The van der Waals surface area contributed by atoms with Crippen LogP contribution in [0.5, 0.6) is 0 Å². The number of hydrogen-bond acceptors (Lipinski definition) is 3. The molecule has 1 aromatic heterocycles. The molecule has 0 amide bonds. The van der Waals surface area contributed by atoms with Crippen LogP contribution >= 0.6 is 0 Å². The molecule has 0 radical (unpaired) electrons. The normalized spacial score (nSPS) is 21.0. The maximum Gasteiger partial charge on any atom is 0.419 e. The number of halogens is 3. The van der Waals surface area contributed by atoms with Crippen molar-refractivity contribution < 1.29 is 13.2 Å². The second-order valence-corrected chi connectivity index (χ2v) is 4.32. The Balaban J connectivity index is 2.40. The van der Waals surface area contributed by atoms with Crippen molar-refractivity contribution in [3.8, 4) is 0 Å². The van der Waals surface area contributed by atoms with Crippen LogP contribution in [0.2, 0.25) is 0 Å². The fourth-order valence-corrected chi connectivity index (χ4v) is 1.99. The molecule has 1 aliphatic heterocycles. The first kappa shape index (κ1) is 12.2. The van der Waals surface area contributed by atoms with Gasteiger partial charge in [-0.3, -0.25) is 0 Å². The summed E-state index contributed by atoms with van der Waals surface area (Å²) in [5.74, 6) is 0.00505. The van der Waals surface area contributed by atoms with Crippen molar-refractivity contribution >= 4 is 5.82 Å². The zero-order valence-electron chi connectivity index (χ0n) is 9.46. The SMILES string of the molecule is Cc1ccc(C(F)(F)F)c(N2CC[C@@H](N)C2)n1. The van der Waals surface area contributed by atoms with E-state index < -0.39 is 11.7 Å². The molecule has 1 saturated heterocycles. The third-order valence-corrected chi connectivity index (χ3v) is 2.84. The van der Waals surface area contributed by atoms with Gasteiger partial charge < -0.3 is 10.6 Å². The first-order valence-electron chi connectivity index (χ1n) is 5.43. The van der Waals surface area contributed by atoms with E-state index in [9.17, 15) is 13.2 Å². The third kappa shape index (κ3) is 2.52. The summed E-state index contributed by atoms with van der Waals surface area (Å²) in [5, 5.41) is 0. The summed E-state index contributed by atoms with van der Waals surface area (Å²) in [4.78, 5) is 5.62. The van der Waals surface area contributed by atoms with E-state index in [4.69, 9.17) is 5.73 Å². The predicted octanol–water partition coefficient (Wildman–Crippen LogP) is 1.95. The minimum Gasteiger partial charge on any atom is -0.354 e. The van der Waals surface area contributed by atoms with Gasteiger partial charge in [0, 0.05) is 24.8 Å². The average Bonchev–Trinajstić information content (AvgIpc) is 2.62. The van der Waals surface area contributed by atoms with Gasteiger partial charge >= 0.3 is 6.18 Å². The second-order valence-electron chi connectivity index (χ2n) is 4.32. The van der Waals surface area contributed by atoms with Crippen molar-refractivity contribution in [2.24, 2.45) is 5.73 Å². The largest absolute Gasteiger partial charge is 0.419 e. The summed E-state index contributed by atoms with van der Waals surface area (Å²) < 4.78 is 38.5. The Morgan fingerprint density at radius 3 is 2.65 bits per heavy atom. The van der Waals surface area contributed by atoms with Gasteiger partial charge in [0.25, 0.3) is 0 Å². The topological polar surface area (TPSA) is 42.1 Å². The monoisotopic (exact) mass is 245 g/mol. The van der Waals surface area contributed by atoms with E-state index in [0.717, 1.165) is 6.07 Å². The molecule has 0 aromatic carbocycles. The number of nitrogens with zero attached hydrogens (tertiary/aromatic N) is 2. The number of pyridine rings is 1. The number of rotatable bonds is 1. The van der Waals surface area contributed by atoms with Gasteiger partial charge in [-0.15, -0.1) is 0 Å². The van der Waals surface area contributed by atoms with Crippen LogP contribution in [0, 0.1) is 6.92 Å². The Bertz CT molecular complexity index is 417. The highest BCUT2D eigenvalue weighted by molar-refractivity contribution is 5.50. The predicted molar refractivity (Wildman–Crippen MR) is 58.8 cm³/mol. The molecule has 94 valence electrons. The van der Waals surface area contributed by atoms with Gasteiger partial charge in [-0.2, -0.15) is 13.2 Å². The first-order chi connectivity index (χ1) is 7.88. The van der Waals surface area contributed by atoms with E-state index >= 15 is 0 Å². The summed E-state index contributed by atoms with van der Waals surface area (Å²) in [6.45, 7) is 2.64. The Morgan fingerprint density at radius 2 is 2.12 bits per heavy atom. The highest BCUT2D eigenvalue weighted by Gasteiger charge is 2.37. The maximum atomic E-state index is 12.8. The fraction of sp³-hybridized carbons (Fsp3) is 0.545. The number of alkyl halides is 3. The first-order valence-corrected chi connectivity index (χ1v) is 5.43. The standard InChI is InChI=1S/C11H14F3N3/c1-7-2-3-9(11(12,13)14)10(16-7)17-5-4-8(15)6-17/h2-3,8H,4-6,15H2,1H3/t8-/m1/s1. The van der Waals surface area contributed by atoms with Gasteiger partial charge in [0.1, 0.15) is 5.82 Å². The maximum absolute atomic E-state index is 12.8. The zero-order chi connectivity index (χ0) is 12.6. The molecule has 0 saturated carbocycles. The highest BCUT2D eigenvalue weighted by atomic mass is 19.4. The van der Waals surface area contributed by atoms with Crippen molar-refractivity contribution in [2.45, 2.75) is 25.6 Å². The van der Waals surface area contributed by atoms with Crippen molar-refractivity contribution in [3.05, 3.63) is 23.4 Å². The lowest BCUT2D eigenvalue weighted by Crippen LogP contribution is -2.29. The highest BCUT2D eigenvalue weighted by Crippen LogP contribution is 2.36. The smallest absolute Gasteiger partial charge is 0.354 e. The van der Waals surface area contributed by atoms with Crippen molar-refractivity contribution in [1.82, 2.24) is 4.98 Å². The summed E-state index contributed by atoms with van der Waals surface area (Å²) in [5.41, 5.74) is 5.60. The molecule has 2 rings (SSSR count). The fourth-order valence-electron chi connectivity index (χ4n) is 1.99. The number of hydrogen-bond donors (Lipinski definition) is 1. The summed E-state index contributed by atoms with van der Waals surface area (Å²) in [6.07, 6.45) is -3.67. The van der Waals surface area contributed by atoms with E-state index in [0.29, 0.717) is 25.2 Å². The van der Waals surface area contributed by atoms with Gasteiger partial charge in [-0.05, 0) is 25.5 Å². The molecular formula is C11H14F3N3. The molecule has 0 aliphatic carbocycles. The van der Waals surface area contributed by atoms with Gasteiger partial charge in [0.2, 0.25) is 0 Å². The average molecular weight is 245 g/mol. The van der Waals surface area contributed by atoms with Gasteiger partial charge in [0.05, 0.1) is 5.56 Å². The molecule has 6 heteroatoms. The van der Waals surface area contributed by atoms with Gasteiger partial charge in [-0.25, -0.2) is 4.98 Å². The molecule has 1 aromatic rings. The van der Waals surface area contributed by atoms with Crippen molar-refractivity contribution in [3.63, 3.8) is 0 Å². The van der Waals surface area contributed by atoms with Crippen LogP contribution in [0.25, 0.3) is 0 Å². The van der Waals surface area contributed by atoms with Crippen LogP contribution in [-0.2, 0) is 6.18 Å². The molecule has 2 heterocycles. The molecule has 1 aliphatic rings. The lowest BCUT2D eigenvalue weighted by molar-refractivity contribution is -0.137. The number of nitrogens with two attached hydrogens (primary N) is 1. The quantitative estimate of drug-likeness (QED) is 0.822. The molecule has 3 nitrogen and oxygen atoms in total. The third-order valence-electron chi connectivity index (χ3n) is 2.84. The lowest BCUT2D eigenvalue weighted by atomic mass is 10.2. The number of anilines is 1. The second kappa shape index (κ2) is 4.18. The molecule has 0 bridgehead atoms. The van der Waals surface area contributed by atoms with Crippen LogP contribution < -0.4 is 10.6 Å². The Hall–Kier alpha value is -1.30. The van der Waals surface area contributed by atoms with Crippen LogP contribution in [0.1, 0.15) is 17.7 Å². The number of aromatic nitrogens is 1. The van der Waals surface area contributed by atoms with E-state index in [1.165, 1.54) is 6.07 Å². The summed E-state index contributed by atoms with van der Waals surface area (Å²) >= 11 is 0. The Labute approximate surface area is 97.4 Å². The van der Waals surface area contributed by atoms with E-state index in [1.54, 1.807) is 11.8 Å². The minimum absolute atomic E-state index is 0.00505. The minimum atomic E-state index is -4.37. The van der Waals surface area contributed by atoms with Crippen molar-refractivity contribution in [1.29, 1.82) is 0 Å². The van der Waals surface area contributed by atoms with Gasteiger partial charge in [0.15, 0.2) is 0 Å². The summed E-state index contributed by atoms with van der Waals surface area (Å²) in [7, 11) is 0. The molecule has 17 heavy (non-hydrogen) atoms. The molecule has 2 N–H and O–H groups in total. The Morgan fingerprint density at radius 1 is 1.41 bits per heavy atom. The molecule has 0 unspecified atom stereocenters. The van der Waals surface area contributed by atoms with Crippen LogP contribution in [0.4, 0.5) is 19.0 Å². The van der Waals surface area contributed by atoms with Crippen molar-refractivity contribution in [2.75, 3.05) is 18.0 Å². The molecular weight excluding hydrogens is 231 g/mol. The number of aryl methyl sites for hydroxylation is 1. The van der Waals surface area contributed by atoms with Gasteiger partial charge in [-0.1, -0.05) is 0 Å². The Kier molecular flexibility index (Phi) is 2.99. The van der Waals surface area contributed by atoms with E-state index in [-0.39, 0.29) is 11.9 Å².